The molecule has 2 N–H and O–H groups in total. The molecule has 3 heterocycles. The Morgan fingerprint density at radius 3 is 2.82 bits per heavy atom. The fourth-order valence-corrected chi connectivity index (χ4v) is 3.40. The fraction of sp³-hybridized carbons (Fsp3) is 0.238. The molecule has 2 aromatic heterocycles. The summed E-state index contributed by atoms with van der Waals surface area (Å²) < 4.78 is 1.79. The smallest absolute Gasteiger partial charge is 0.242 e. The molecular weight excluding hydrogens is 354 g/mol. The molecule has 1 fully saturated rings. The molecule has 0 unspecified atom stereocenters. The van der Waals surface area contributed by atoms with Gasteiger partial charge in [0.15, 0.2) is 0 Å². The number of aromatic nitrogens is 3. The molecule has 1 saturated heterocycles. The minimum absolute atomic E-state index is 0.0686. The standard InChI is InChI=1S/C21H21N5O2/c1-26-13-17(15-7-9-22-10-8-15)20(25-26)16-4-2-3-14(11-16)12-23-21(28)18-5-6-19(27)24-18/h2-4,7-11,13,18H,5-6,12H2,1H3,(H,23,28)(H,24,27)/t18-/m1/s1. The second-order valence-corrected chi connectivity index (χ2v) is 6.88. The molecule has 142 valence electrons. The molecular formula is C21H21N5O2. The molecule has 2 amide bonds. The lowest BCUT2D eigenvalue weighted by atomic mass is 10.0. The van der Waals surface area contributed by atoms with Crippen molar-refractivity contribution in [3.8, 4) is 22.4 Å². The van der Waals surface area contributed by atoms with Crippen LogP contribution in [0.1, 0.15) is 18.4 Å². The van der Waals surface area contributed by atoms with Gasteiger partial charge in [0.05, 0.1) is 0 Å². The topological polar surface area (TPSA) is 88.9 Å². The monoisotopic (exact) mass is 375 g/mol. The average Bonchev–Trinajstić information content (AvgIpc) is 3.33. The lowest BCUT2D eigenvalue weighted by Gasteiger charge is -2.11. The lowest BCUT2D eigenvalue weighted by molar-refractivity contribution is -0.125. The Labute approximate surface area is 162 Å². The molecule has 3 aromatic rings. The first-order chi connectivity index (χ1) is 13.6. The third kappa shape index (κ3) is 3.78. The lowest BCUT2D eigenvalue weighted by Crippen LogP contribution is -2.41. The minimum atomic E-state index is -0.426. The molecule has 1 atom stereocenters. The maximum atomic E-state index is 12.2. The van der Waals surface area contributed by atoms with Gasteiger partial charge in [0.25, 0.3) is 0 Å². The third-order valence-electron chi connectivity index (χ3n) is 4.80. The summed E-state index contributed by atoms with van der Waals surface area (Å²) in [5.74, 6) is -0.215. The molecule has 0 bridgehead atoms. The Balaban J connectivity index is 1.53. The zero-order valence-corrected chi connectivity index (χ0v) is 15.6. The number of pyridine rings is 1. The zero-order valence-electron chi connectivity index (χ0n) is 15.6. The number of hydrogen-bond acceptors (Lipinski definition) is 4. The van der Waals surface area contributed by atoms with Gasteiger partial charge in [-0.05, 0) is 35.7 Å². The highest BCUT2D eigenvalue weighted by Crippen LogP contribution is 2.30. The summed E-state index contributed by atoms with van der Waals surface area (Å²) in [4.78, 5) is 27.6. The number of aryl methyl sites for hydroxylation is 1. The van der Waals surface area contributed by atoms with Crippen molar-refractivity contribution in [3.05, 3.63) is 60.6 Å². The summed E-state index contributed by atoms with van der Waals surface area (Å²) in [5.41, 5.74) is 4.91. The highest BCUT2D eigenvalue weighted by molar-refractivity contribution is 5.90. The molecule has 0 aliphatic carbocycles. The highest BCUT2D eigenvalue weighted by atomic mass is 16.2. The largest absolute Gasteiger partial charge is 0.350 e. The third-order valence-corrected chi connectivity index (χ3v) is 4.80. The van der Waals surface area contributed by atoms with Crippen molar-refractivity contribution in [2.45, 2.75) is 25.4 Å². The first-order valence-corrected chi connectivity index (χ1v) is 9.20. The van der Waals surface area contributed by atoms with E-state index in [1.165, 1.54) is 0 Å². The van der Waals surface area contributed by atoms with Crippen LogP contribution in [0.25, 0.3) is 22.4 Å². The van der Waals surface area contributed by atoms with E-state index in [4.69, 9.17) is 0 Å². The Bertz CT molecular complexity index is 1010. The van der Waals surface area contributed by atoms with Crippen molar-refractivity contribution in [2.75, 3.05) is 0 Å². The van der Waals surface area contributed by atoms with E-state index in [-0.39, 0.29) is 11.8 Å². The van der Waals surface area contributed by atoms with Crippen LogP contribution in [-0.4, -0.2) is 32.6 Å². The van der Waals surface area contributed by atoms with Crippen LogP contribution >= 0.6 is 0 Å². The van der Waals surface area contributed by atoms with E-state index in [0.29, 0.717) is 19.4 Å². The number of rotatable bonds is 5. The summed E-state index contributed by atoms with van der Waals surface area (Å²) in [6.45, 7) is 0.399. The SMILES string of the molecule is Cn1cc(-c2ccncc2)c(-c2cccc(CNC(=O)[C@H]3CCC(=O)N3)c2)n1. The summed E-state index contributed by atoms with van der Waals surface area (Å²) in [6.07, 6.45) is 6.47. The highest BCUT2D eigenvalue weighted by Gasteiger charge is 2.26. The summed E-state index contributed by atoms with van der Waals surface area (Å²) in [5, 5.41) is 10.2. The van der Waals surface area contributed by atoms with Crippen molar-refractivity contribution >= 4 is 11.8 Å². The molecule has 1 aliphatic heterocycles. The normalized spacial score (nSPS) is 16.0. The predicted octanol–water partition coefficient (Wildman–Crippen LogP) is 2.04. The van der Waals surface area contributed by atoms with Crippen LogP contribution in [-0.2, 0) is 23.2 Å². The van der Waals surface area contributed by atoms with Crippen LogP contribution < -0.4 is 10.6 Å². The minimum Gasteiger partial charge on any atom is -0.350 e. The summed E-state index contributed by atoms with van der Waals surface area (Å²) in [6, 6.07) is 11.5. The van der Waals surface area contributed by atoms with Gasteiger partial charge in [-0.15, -0.1) is 0 Å². The van der Waals surface area contributed by atoms with Crippen molar-refractivity contribution < 1.29 is 9.59 Å². The van der Waals surface area contributed by atoms with Gasteiger partial charge in [-0.3, -0.25) is 19.3 Å². The van der Waals surface area contributed by atoms with E-state index in [1.54, 1.807) is 17.1 Å². The van der Waals surface area contributed by atoms with Crippen LogP contribution in [0.4, 0.5) is 0 Å². The van der Waals surface area contributed by atoms with E-state index < -0.39 is 6.04 Å². The van der Waals surface area contributed by atoms with Crippen LogP contribution in [0, 0.1) is 0 Å². The molecule has 7 nitrogen and oxygen atoms in total. The molecule has 0 saturated carbocycles. The van der Waals surface area contributed by atoms with Crippen molar-refractivity contribution in [3.63, 3.8) is 0 Å². The van der Waals surface area contributed by atoms with E-state index in [9.17, 15) is 9.59 Å². The van der Waals surface area contributed by atoms with Gasteiger partial charge < -0.3 is 10.6 Å². The Morgan fingerprint density at radius 2 is 2.07 bits per heavy atom. The number of benzene rings is 1. The molecule has 1 aliphatic rings. The number of hydrogen-bond donors (Lipinski definition) is 2. The van der Waals surface area contributed by atoms with Crippen LogP contribution in [0.2, 0.25) is 0 Å². The Kier molecular flexibility index (Phi) is 4.89. The molecule has 1 aromatic carbocycles. The molecule has 0 spiro atoms. The predicted molar refractivity (Wildman–Crippen MR) is 105 cm³/mol. The van der Waals surface area contributed by atoms with E-state index >= 15 is 0 Å². The van der Waals surface area contributed by atoms with E-state index in [1.807, 2.05) is 49.6 Å². The second kappa shape index (κ2) is 7.64. The molecule has 4 rings (SSSR count). The number of nitrogens with zero attached hydrogens (tertiary/aromatic N) is 3. The fourth-order valence-electron chi connectivity index (χ4n) is 3.40. The van der Waals surface area contributed by atoms with Crippen LogP contribution in [0.3, 0.4) is 0 Å². The van der Waals surface area contributed by atoms with Gasteiger partial charge in [-0.25, -0.2) is 0 Å². The van der Waals surface area contributed by atoms with E-state index in [2.05, 4.69) is 20.7 Å². The van der Waals surface area contributed by atoms with Gasteiger partial charge in [0.1, 0.15) is 11.7 Å². The van der Waals surface area contributed by atoms with Crippen molar-refractivity contribution in [2.24, 2.45) is 7.05 Å². The number of amides is 2. The number of carbonyl (C=O) groups is 2. The van der Waals surface area contributed by atoms with Gasteiger partial charge in [-0.2, -0.15) is 5.10 Å². The maximum absolute atomic E-state index is 12.2. The molecule has 28 heavy (non-hydrogen) atoms. The van der Waals surface area contributed by atoms with Gasteiger partial charge >= 0.3 is 0 Å². The van der Waals surface area contributed by atoms with Crippen LogP contribution in [0.5, 0.6) is 0 Å². The Hall–Kier alpha value is -3.48. The van der Waals surface area contributed by atoms with Crippen LogP contribution in [0.15, 0.2) is 55.0 Å². The molecule has 7 heteroatoms. The maximum Gasteiger partial charge on any atom is 0.242 e. The van der Waals surface area contributed by atoms with Gasteiger partial charge in [0.2, 0.25) is 11.8 Å². The van der Waals surface area contributed by atoms with Gasteiger partial charge in [-0.1, -0.05) is 18.2 Å². The first-order valence-electron chi connectivity index (χ1n) is 9.20. The first kappa shape index (κ1) is 17.9. The second-order valence-electron chi connectivity index (χ2n) is 6.88. The average molecular weight is 375 g/mol. The van der Waals surface area contributed by atoms with Crippen molar-refractivity contribution in [1.29, 1.82) is 0 Å². The quantitative estimate of drug-likeness (QED) is 0.714. The van der Waals surface area contributed by atoms with Gasteiger partial charge in [0, 0.05) is 49.7 Å². The Morgan fingerprint density at radius 1 is 1.25 bits per heavy atom. The zero-order chi connectivity index (χ0) is 19.5. The van der Waals surface area contributed by atoms with Crippen molar-refractivity contribution in [1.82, 2.24) is 25.4 Å². The number of carbonyl (C=O) groups excluding carboxylic acids is 2. The molecule has 0 radical (unpaired) electrons. The summed E-state index contributed by atoms with van der Waals surface area (Å²) in [7, 11) is 1.90. The number of nitrogens with one attached hydrogen (secondary N) is 2. The van der Waals surface area contributed by atoms with E-state index in [0.717, 1.165) is 27.9 Å². The summed E-state index contributed by atoms with van der Waals surface area (Å²) >= 11 is 0.